The van der Waals surface area contributed by atoms with Crippen LogP contribution < -0.4 is 10.2 Å². The van der Waals surface area contributed by atoms with Crippen LogP contribution >= 0.6 is 24.0 Å². The Morgan fingerprint density at radius 1 is 1.45 bits per heavy atom. The van der Waals surface area contributed by atoms with Crippen LogP contribution in [0.3, 0.4) is 0 Å². The number of nitrogens with zero attached hydrogens (tertiary/aromatic N) is 3. The Morgan fingerprint density at radius 3 is 2.86 bits per heavy atom. The molecular weight excluding hydrogens is 391 g/mol. The topological polar surface area (TPSA) is 47.9 Å². The maximum absolute atomic E-state index is 11.7. The van der Waals surface area contributed by atoms with Crippen LogP contribution in [0.2, 0.25) is 0 Å². The van der Waals surface area contributed by atoms with Crippen LogP contribution in [0.1, 0.15) is 5.56 Å². The molecule has 1 aliphatic heterocycles. The highest BCUT2D eigenvalue weighted by Crippen LogP contribution is 2.27. The zero-order chi connectivity index (χ0) is 15.2. The van der Waals surface area contributed by atoms with Gasteiger partial charge in [-0.2, -0.15) is 0 Å². The molecule has 5 nitrogen and oxygen atoms in total. The van der Waals surface area contributed by atoms with Gasteiger partial charge in [0.25, 0.3) is 0 Å². The van der Waals surface area contributed by atoms with Crippen molar-refractivity contribution in [3.05, 3.63) is 42.5 Å². The number of benzene rings is 1. The molecule has 0 saturated carbocycles. The average Bonchev–Trinajstić information content (AvgIpc) is 2.91. The molecule has 1 aliphatic rings. The maximum Gasteiger partial charge on any atom is 0.243 e. The van der Waals surface area contributed by atoms with Crippen molar-refractivity contribution < 1.29 is 4.79 Å². The minimum absolute atomic E-state index is 0. The number of hydrogen-bond acceptors (Lipinski definition) is 2. The second kappa shape index (κ2) is 8.77. The summed E-state index contributed by atoms with van der Waals surface area (Å²) in [5.74, 6) is 0.718. The predicted molar refractivity (Wildman–Crippen MR) is 102 cm³/mol. The number of hydrogen-bond donors (Lipinski definition) is 1. The summed E-state index contributed by atoms with van der Waals surface area (Å²) in [6, 6.07) is 8.28. The van der Waals surface area contributed by atoms with Crippen LogP contribution in [0.5, 0.6) is 0 Å². The zero-order valence-electron chi connectivity index (χ0n) is 13.1. The number of rotatable bonds is 4. The van der Waals surface area contributed by atoms with Crippen LogP contribution in [0.25, 0.3) is 0 Å². The molecule has 120 valence electrons. The van der Waals surface area contributed by atoms with Crippen LogP contribution in [0.15, 0.2) is 41.9 Å². The SMILES string of the molecule is C=CCNC(=NCC(=O)N(C)C)N1CCc2ccccc21.I. The summed E-state index contributed by atoms with van der Waals surface area (Å²) in [6.45, 7) is 5.35. The van der Waals surface area contributed by atoms with Crippen molar-refractivity contribution in [1.29, 1.82) is 0 Å². The number of para-hydroxylation sites is 1. The van der Waals surface area contributed by atoms with Gasteiger partial charge in [0.05, 0.1) is 0 Å². The minimum Gasteiger partial charge on any atom is -0.352 e. The van der Waals surface area contributed by atoms with Crippen molar-refractivity contribution in [3.8, 4) is 0 Å². The molecule has 0 aliphatic carbocycles. The normalized spacial score (nSPS) is 13.2. The standard InChI is InChI=1S/C16H22N4O.HI/c1-4-10-17-16(18-12-15(21)19(2)3)20-11-9-13-7-5-6-8-14(13)20;/h4-8H,1,9-12H2,2-3H3,(H,17,18);1H. The van der Waals surface area contributed by atoms with E-state index >= 15 is 0 Å². The molecule has 6 heteroatoms. The number of anilines is 1. The Labute approximate surface area is 149 Å². The molecule has 1 aromatic rings. The van der Waals surface area contributed by atoms with Crippen molar-refractivity contribution in [1.82, 2.24) is 10.2 Å². The minimum atomic E-state index is -0.0135. The monoisotopic (exact) mass is 414 g/mol. The molecule has 0 bridgehead atoms. The first-order valence-corrected chi connectivity index (χ1v) is 7.08. The third-order valence-electron chi connectivity index (χ3n) is 3.41. The van der Waals surface area contributed by atoms with Crippen LogP contribution in [0, 0.1) is 0 Å². The fourth-order valence-electron chi connectivity index (χ4n) is 2.24. The van der Waals surface area contributed by atoms with E-state index in [1.807, 2.05) is 12.1 Å². The van der Waals surface area contributed by atoms with E-state index in [2.05, 4.69) is 33.9 Å². The molecule has 1 heterocycles. The summed E-state index contributed by atoms with van der Waals surface area (Å²) in [5.41, 5.74) is 2.47. The van der Waals surface area contributed by atoms with E-state index in [-0.39, 0.29) is 36.4 Å². The average molecular weight is 414 g/mol. The van der Waals surface area contributed by atoms with Crippen molar-refractivity contribution in [3.63, 3.8) is 0 Å². The number of nitrogens with one attached hydrogen (secondary N) is 1. The molecule has 2 rings (SSSR count). The fraction of sp³-hybridized carbons (Fsp3) is 0.375. The lowest BCUT2D eigenvalue weighted by Gasteiger charge is -2.22. The fourth-order valence-corrected chi connectivity index (χ4v) is 2.24. The molecule has 1 aromatic carbocycles. The quantitative estimate of drug-likeness (QED) is 0.354. The van der Waals surface area contributed by atoms with Gasteiger partial charge in [-0.05, 0) is 18.1 Å². The first-order chi connectivity index (χ1) is 10.1. The molecular formula is C16H23IN4O. The lowest BCUT2D eigenvalue weighted by Crippen LogP contribution is -2.41. The van der Waals surface area contributed by atoms with E-state index in [0.717, 1.165) is 24.6 Å². The Bertz CT molecular complexity index is 557. The highest BCUT2D eigenvalue weighted by molar-refractivity contribution is 14.0. The summed E-state index contributed by atoms with van der Waals surface area (Å²) >= 11 is 0. The molecule has 0 atom stereocenters. The van der Waals surface area contributed by atoms with Gasteiger partial charge >= 0.3 is 0 Å². The first kappa shape index (κ1) is 18.5. The number of carbonyl (C=O) groups is 1. The van der Waals surface area contributed by atoms with Gasteiger partial charge in [-0.25, -0.2) is 4.99 Å². The van der Waals surface area contributed by atoms with Gasteiger partial charge in [-0.15, -0.1) is 30.6 Å². The Hall–Kier alpha value is -1.57. The molecule has 0 spiro atoms. The number of aliphatic imine (C=N–C) groups is 1. The third kappa shape index (κ3) is 4.46. The van der Waals surface area contributed by atoms with E-state index in [4.69, 9.17) is 0 Å². The van der Waals surface area contributed by atoms with Crippen LogP contribution in [-0.2, 0) is 11.2 Å². The van der Waals surface area contributed by atoms with Gasteiger partial charge < -0.3 is 15.1 Å². The van der Waals surface area contributed by atoms with E-state index in [9.17, 15) is 4.79 Å². The summed E-state index contributed by atoms with van der Waals surface area (Å²) in [5, 5.41) is 3.23. The van der Waals surface area contributed by atoms with E-state index in [1.54, 1.807) is 25.1 Å². The lowest BCUT2D eigenvalue weighted by molar-refractivity contribution is -0.127. The summed E-state index contributed by atoms with van der Waals surface area (Å²) in [6.07, 6.45) is 2.78. The summed E-state index contributed by atoms with van der Waals surface area (Å²) in [7, 11) is 3.47. The first-order valence-electron chi connectivity index (χ1n) is 7.08. The number of carbonyl (C=O) groups excluding carboxylic acids is 1. The lowest BCUT2D eigenvalue weighted by atomic mass is 10.2. The van der Waals surface area contributed by atoms with Crippen LogP contribution in [-0.4, -0.2) is 50.5 Å². The van der Waals surface area contributed by atoms with Gasteiger partial charge in [0.1, 0.15) is 6.54 Å². The maximum atomic E-state index is 11.7. The highest BCUT2D eigenvalue weighted by atomic mass is 127. The second-order valence-corrected chi connectivity index (χ2v) is 5.13. The number of guanidine groups is 1. The van der Waals surface area contributed by atoms with Gasteiger partial charge in [-0.1, -0.05) is 24.3 Å². The number of halogens is 1. The predicted octanol–water partition coefficient (Wildman–Crippen LogP) is 1.89. The summed E-state index contributed by atoms with van der Waals surface area (Å²) < 4.78 is 0. The van der Waals surface area contributed by atoms with Crippen LogP contribution in [0.4, 0.5) is 5.69 Å². The van der Waals surface area contributed by atoms with Gasteiger partial charge in [0.2, 0.25) is 5.91 Å². The number of likely N-dealkylation sites (N-methyl/N-ethyl adjacent to an activating group) is 1. The van der Waals surface area contributed by atoms with Gasteiger partial charge in [-0.3, -0.25) is 4.79 Å². The summed E-state index contributed by atoms with van der Waals surface area (Å²) in [4.78, 5) is 19.9. The second-order valence-electron chi connectivity index (χ2n) is 5.13. The third-order valence-corrected chi connectivity index (χ3v) is 3.41. The molecule has 1 amide bonds. The molecule has 22 heavy (non-hydrogen) atoms. The molecule has 0 saturated heterocycles. The van der Waals surface area contributed by atoms with Crippen molar-refractivity contribution in [2.24, 2.45) is 4.99 Å². The number of amides is 1. The van der Waals surface area contributed by atoms with E-state index < -0.39 is 0 Å². The van der Waals surface area contributed by atoms with Crippen molar-refractivity contribution in [2.45, 2.75) is 6.42 Å². The van der Waals surface area contributed by atoms with Crippen molar-refractivity contribution >= 4 is 41.5 Å². The smallest absolute Gasteiger partial charge is 0.243 e. The molecule has 0 aromatic heterocycles. The molecule has 0 fully saturated rings. The van der Waals surface area contributed by atoms with Gasteiger partial charge in [0, 0.05) is 32.9 Å². The molecule has 0 radical (unpaired) electrons. The Balaban J connectivity index is 0.00000242. The Kier molecular flexibility index (Phi) is 7.37. The highest BCUT2D eigenvalue weighted by Gasteiger charge is 2.22. The van der Waals surface area contributed by atoms with Crippen molar-refractivity contribution in [2.75, 3.05) is 38.6 Å². The molecule has 1 N–H and O–H groups in total. The molecule has 0 unspecified atom stereocenters. The number of fused-ring (bicyclic) bond motifs is 1. The van der Waals surface area contributed by atoms with E-state index in [1.165, 1.54) is 5.56 Å². The zero-order valence-corrected chi connectivity index (χ0v) is 15.4. The largest absolute Gasteiger partial charge is 0.352 e. The van der Waals surface area contributed by atoms with E-state index in [0.29, 0.717) is 6.54 Å². The Morgan fingerprint density at radius 2 is 2.18 bits per heavy atom. The van der Waals surface area contributed by atoms with Gasteiger partial charge in [0.15, 0.2) is 5.96 Å².